The number of halogens is 1. The van der Waals surface area contributed by atoms with E-state index < -0.39 is 27.3 Å². The number of fused-ring (bicyclic) bond motifs is 3. The predicted octanol–water partition coefficient (Wildman–Crippen LogP) is 5.94. The second-order valence-electron chi connectivity index (χ2n) is 13.1. The van der Waals surface area contributed by atoms with Gasteiger partial charge in [-0.05, 0) is 104 Å². The summed E-state index contributed by atoms with van der Waals surface area (Å²) >= 11 is 6.37. The third-order valence-electron chi connectivity index (χ3n) is 10.1. The average Bonchev–Trinajstić information content (AvgIpc) is 3.10. The number of allylic oxidation sites excluding steroid dienone is 1. The number of nitrogens with zero attached hydrogens (tertiary/aromatic N) is 1. The smallest absolute Gasteiger partial charge is 0.335 e. The van der Waals surface area contributed by atoms with E-state index in [-0.39, 0.29) is 28.7 Å². The molecule has 0 unspecified atom stereocenters. The molecule has 0 bridgehead atoms. The highest BCUT2D eigenvalue weighted by Crippen LogP contribution is 2.46. The van der Waals surface area contributed by atoms with Gasteiger partial charge in [0.2, 0.25) is 10.0 Å². The average molecular weight is 645 g/mol. The molecule has 1 fully saturated rings. The van der Waals surface area contributed by atoms with Crippen molar-refractivity contribution in [3.05, 3.63) is 70.3 Å². The Morgan fingerprint density at radius 2 is 2.05 bits per heavy atom. The number of hydrogen-bond acceptors (Lipinski definition) is 6. The number of benzene rings is 2. The van der Waals surface area contributed by atoms with Gasteiger partial charge in [0.05, 0.1) is 29.2 Å². The number of carbonyl (C=O) groups is 1. The molecule has 0 aromatic heterocycles. The summed E-state index contributed by atoms with van der Waals surface area (Å²) in [5.41, 5.74) is 3.20. The predicted molar refractivity (Wildman–Crippen MR) is 174 cm³/mol. The number of aliphatic hydroxyl groups excluding tert-OH is 1. The van der Waals surface area contributed by atoms with E-state index >= 15 is 0 Å². The summed E-state index contributed by atoms with van der Waals surface area (Å²) in [6.45, 7) is 5.68. The van der Waals surface area contributed by atoms with Crippen molar-refractivity contribution in [2.75, 3.05) is 24.6 Å². The van der Waals surface area contributed by atoms with Crippen molar-refractivity contribution in [2.24, 2.45) is 22.9 Å². The molecule has 1 saturated carbocycles. The second kappa shape index (κ2) is 13.4. The number of carboxylic acid groups (broad SMARTS) is 1. The zero-order valence-electron chi connectivity index (χ0n) is 25.6. The van der Waals surface area contributed by atoms with Gasteiger partial charge < -0.3 is 19.8 Å². The van der Waals surface area contributed by atoms with Crippen LogP contribution in [0.5, 0.6) is 5.75 Å². The molecular formula is C34H45ClN2O6S. The van der Waals surface area contributed by atoms with Crippen molar-refractivity contribution in [3.8, 4) is 5.75 Å². The first-order valence-corrected chi connectivity index (χ1v) is 17.8. The number of sulfonamides is 1. The van der Waals surface area contributed by atoms with Crippen molar-refractivity contribution in [3.63, 3.8) is 0 Å². The van der Waals surface area contributed by atoms with Crippen molar-refractivity contribution >= 4 is 33.3 Å². The van der Waals surface area contributed by atoms with Gasteiger partial charge in [-0.3, -0.25) is 0 Å². The third kappa shape index (κ3) is 6.96. The van der Waals surface area contributed by atoms with E-state index in [0.29, 0.717) is 38.3 Å². The number of aliphatic hydroxyl groups is 1. The van der Waals surface area contributed by atoms with Crippen LogP contribution in [0.25, 0.3) is 0 Å². The number of hydrogen-bond donors (Lipinski definition) is 3. The van der Waals surface area contributed by atoms with Crippen molar-refractivity contribution in [1.29, 1.82) is 0 Å². The number of rotatable bonds is 11. The minimum Gasteiger partial charge on any atom is -0.490 e. The highest BCUT2D eigenvalue weighted by molar-refractivity contribution is 7.89. The normalized spacial score (nSPS) is 25.3. The van der Waals surface area contributed by atoms with Gasteiger partial charge in [0, 0.05) is 23.5 Å². The van der Waals surface area contributed by atoms with E-state index in [1.165, 1.54) is 11.1 Å². The summed E-state index contributed by atoms with van der Waals surface area (Å²) in [7, 11) is -3.64. The van der Waals surface area contributed by atoms with Gasteiger partial charge in [-0.25, -0.2) is 18.4 Å². The van der Waals surface area contributed by atoms with Crippen molar-refractivity contribution in [2.45, 2.75) is 82.0 Å². The highest BCUT2D eigenvalue weighted by atomic mass is 35.5. The molecule has 6 atom stereocenters. The van der Waals surface area contributed by atoms with Gasteiger partial charge in [0.25, 0.3) is 0 Å². The molecule has 0 radical (unpaired) electrons. The molecule has 8 nitrogen and oxygen atoms in total. The van der Waals surface area contributed by atoms with Gasteiger partial charge >= 0.3 is 5.97 Å². The van der Waals surface area contributed by atoms with Crippen LogP contribution in [-0.2, 0) is 21.9 Å². The molecule has 240 valence electrons. The van der Waals surface area contributed by atoms with E-state index in [2.05, 4.69) is 17.0 Å². The fourth-order valence-electron chi connectivity index (χ4n) is 7.59. The molecule has 5 rings (SSSR count). The molecule has 1 heterocycles. The highest BCUT2D eigenvalue weighted by Gasteiger charge is 2.44. The number of nitrogens with two attached hydrogens (primary N) is 1. The maximum absolute atomic E-state index is 12.1. The Morgan fingerprint density at radius 1 is 1.25 bits per heavy atom. The minimum absolute atomic E-state index is 0.0508. The first-order valence-electron chi connectivity index (χ1n) is 15.8. The Kier molecular flexibility index (Phi) is 10.00. The Labute approximate surface area is 266 Å². The summed E-state index contributed by atoms with van der Waals surface area (Å²) in [5, 5.41) is 26.6. The SMILES string of the molecule is CCC[C@@H]([C@H](C)C/C=C/[C@H](O)[C@@H]1CC[C@H]1CN1C[C@@]2(CCCc3cc(Cl)ccc32)COc2ccc(C(=O)O)cc21)S(N)(=O)=O. The van der Waals surface area contributed by atoms with Gasteiger partial charge in [0.1, 0.15) is 5.75 Å². The lowest BCUT2D eigenvalue weighted by Crippen LogP contribution is -2.49. The lowest BCUT2D eigenvalue weighted by Gasteiger charge is -2.45. The van der Waals surface area contributed by atoms with Crippen LogP contribution in [0.15, 0.2) is 48.6 Å². The third-order valence-corrected chi connectivity index (χ3v) is 11.9. The molecule has 1 spiro atoms. The molecule has 2 aliphatic carbocycles. The first kappa shape index (κ1) is 32.8. The lowest BCUT2D eigenvalue weighted by atomic mass is 9.68. The van der Waals surface area contributed by atoms with E-state index in [1.807, 2.05) is 32.1 Å². The molecule has 10 heteroatoms. The zero-order valence-corrected chi connectivity index (χ0v) is 27.2. The lowest BCUT2D eigenvalue weighted by molar-refractivity contribution is 0.0455. The molecule has 4 N–H and O–H groups in total. The fourth-order valence-corrected chi connectivity index (χ4v) is 9.10. The van der Waals surface area contributed by atoms with Gasteiger partial charge in [-0.2, -0.15) is 0 Å². The quantitative estimate of drug-likeness (QED) is 0.258. The van der Waals surface area contributed by atoms with Crippen LogP contribution in [-0.4, -0.2) is 55.7 Å². The molecule has 0 saturated heterocycles. The number of ether oxygens (including phenoxy) is 1. The van der Waals surface area contributed by atoms with Crippen LogP contribution < -0.4 is 14.8 Å². The molecule has 3 aliphatic rings. The minimum atomic E-state index is -3.64. The summed E-state index contributed by atoms with van der Waals surface area (Å²) < 4.78 is 30.6. The van der Waals surface area contributed by atoms with E-state index in [9.17, 15) is 23.4 Å². The number of anilines is 1. The van der Waals surface area contributed by atoms with Crippen LogP contribution in [0.4, 0.5) is 5.69 Å². The topological polar surface area (TPSA) is 130 Å². The standard InChI is InChI=1S/C34H45ClN2O6S/c1-3-6-32(44(36,41)42)22(2)7-4-9-30(38)27-13-10-25(27)19-37-20-34(16-5-8-23-17-26(35)12-14-28(23)34)21-43-31-15-11-24(33(39)40)18-29(31)37/h4,9,11-12,14-15,17-18,22,25,27,30,32,38H,3,5-8,10,13,16,19-21H2,1-2H3,(H,39,40)(H2,36,41,42)/b9-4+/t22-,25+,27-,30+,32+,34+/m1/s1. The summed E-state index contributed by atoms with van der Waals surface area (Å²) in [6.07, 6.45) is 9.61. The number of aryl methyl sites for hydroxylation is 1. The van der Waals surface area contributed by atoms with Gasteiger partial charge in [-0.15, -0.1) is 0 Å². The molecule has 2 aromatic rings. The monoisotopic (exact) mass is 644 g/mol. The Hall–Kier alpha value is -2.59. The van der Waals surface area contributed by atoms with E-state index in [4.69, 9.17) is 21.5 Å². The summed E-state index contributed by atoms with van der Waals surface area (Å²) in [6, 6.07) is 11.2. The molecule has 0 amide bonds. The fraction of sp³-hybridized carbons (Fsp3) is 0.559. The van der Waals surface area contributed by atoms with Crippen LogP contribution >= 0.6 is 11.6 Å². The first-order chi connectivity index (χ1) is 20.9. The van der Waals surface area contributed by atoms with Crippen molar-refractivity contribution < 1.29 is 28.2 Å². The number of aromatic carboxylic acids is 1. The molecular weight excluding hydrogens is 600 g/mol. The van der Waals surface area contributed by atoms with Crippen LogP contribution in [0, 0.1) is 17.8 Å². The van der Waals surface area contributed by atoms with Crippen LogP contribution in [0.1, 0.15) is 80.3 Å². The maximum atomic E-state index is 12.1. The summed E-state index contributed by atoms with van der Waals surface area (Å²) in [4.78, 5) is 14.2. The maximum Gasteiger partial charge on any atom is 0.335 e. The van der Waals surface area contributed by atoms with Crippen LogP contribution in [0.3, 0.4) is 0 Å². The van der Waals surface area contributed by atoms with E-state index in [0.717, 1.165) is 49.2 Å². The zero-order chi connectivity index (χ0) is 31.6. The second-order valence-corrected chi connectivity index (χ2v) is 15.4. The van der Waals surface area contributed by atoms with Gasteiger partial charge in [-0.1, -0.05) is 50.1 Å². The Morgan fingerprint density at radius 3 is 2.73 bits per heavy atom. The molecule has 2 aromatic carbocycles. The van der Waals surface area contributed by atoms with Crippen molar-refractivity contribution in [1.82, 2.24) is 0 Å². The summed E-state index contributed by atoms with van der Waals surface area (Å²) in [5.74, 6) is -0.199. The van der Waals surface area contributed by atoms with E-state index in [1.54, 1.807) is 18.2 Å². The Bertz CT molecular complexity index is 1500. The number of primary sulfonamides is 1. The Balaban J connectivity index is 1.36. The largest absolute Gasteiger partial charge is 0.490 e. The van der Waals surface area contributed by atoms with Crippen LogP contribution in [0.2, 0.25) is 5.02 Å². The molecule has 1 aliphatic heterocycles. The molecule has 44 heavy (non-hydrogen) atoms. The number of carboxylic acids is 1. The van der Waals surface area contributed by atoms with Gasteiger partial charge in [0.15, 0.2) is 0 Å².